The smallest absolute Gasteiger partial charge is 0.0515 e. The molecular weight excluding hydrogens is 330 g/mol. The molecule has 0 bridgehead atoms. The Labute approximate surface area is 154 Å². The Bertz CT molecular complexity index is 772. The summed E-state index contributed by atoms with van der Waals surface area (Å²) >= 11 is 6.12. The fourth-order valence-corrected chi connectivity index (χ4v) is 3.95. The van der Waals surface area contributed by atoms with Crippen LogP contribution in [0.4, 0.5) is 0 Å². The molecule has 0 aliphatic carbocycles. The van der Waals surface area contributed by atoms with Crippen LogP contribution in [0.3, 0.4) is 0 Å². The van der Waals surface area contributed by atoms with E-state index in [0.29, 0.717) is 6.04 Å². The molecule has 2 aliphatic rings. The van der Waals surface area contributed by atoms with E-state index in [9.17, 15) is 0 Å². The van der Waals surface area contributed by atoms with Gasteiger partial charge in [0.25, 0.3) is 0 Å². The third kappa shape index (κ3) is 3.74. The summed E-state index contributed by atoms with van der Waals surface area (Å²) < 4.78 is 0. The van der Waals surface area contributed by atoms with Crippen LogP contribution >= 0.6 is 11.6 Å². The monoisotopic (exact) mass is 353 g/mol. The molecule has 0 amide bonds. The van der Waals surface area contributed by atoms with Gasteiger partial charge >= 0.3 is 0 Å². The molecule has 130 valence electrons. The van der Waals surface area contributed by atoms with E-state index in [1.165, 1.54) is 16.8 Å². The zero-order valence-electron chi connectivity index (χ0n) is 14.6. The van der Waals surface area contributed by atoms with Crippen molar-refractivity contribution < 1.29 is 0 Å². The average molecular weight is 354 g/mol. The highest BCUT2D eigenvalue weighted by Gasteiger charge is 2.29. The number of nitrogens with zero attached hydrogens (tertiary/aromatic N) is 2. The SMILES string of the molecule is CC(c1ccccc1)N1CC2=C(CN(Cc3cccc(Cl)c3)CC2)N1. The second-order valence-electron chi connectivity index (χ2n) is 7.00. The molecule has 25 heavy (non-hydrogen) atoms. The Morgan fingerprint density at radius 3 is 2.72 bits per heavy atom. The standard InChI is InChI=1S/C21H24ClN3/c1-16(18-7-3-2-4-8-18)25-14-19-10-11-24(15-21(19)23-25)13-17-6-5-9-20(22)12-17/h2-9,12,16,23H,10-11,13-15H2,1H3. The quantitative estimate of drug-likeness (QED) is 0.879. The van der Waals surface area contributed by atoms with Crippen LogP contribution in [0, 0.1) is 0 Å². The summed E-state index contributed by atoms with van der Waals surface area (Å²) in [5.41, 5.74) is 9.24. The lowest BCUT2D eigenvalue weighted by Crippen LogP contribution is -2.37. The first-order valence-corrected chi connectivity index (χ1v) is 9.33. The van der Waals surface area contributed by atoms with Crippen LogP contribution < -0.4 is 5.43 Å². The van der Waals surface area contributed by atoms with Crippen molar-refractivity contribution in [1.29, 1.82) is 0 Å². The lowest BCUT2D eigenvalue weighted by atomic mass is 10.0. The molecule has 2 aromatic rings. The fourth-order valence-electron chi connectivity index (χ4n) is 3.74. The number of benzene rings is 2. The van der Waals surface area contributed by atoms with Gasteiger partial charge < -0.3 is 5.43 Å². The fraction of sp³-hybridized carbons (Fsp3) is 0.333. The summed E-state index contributed by atoms with van der Waals surface area (Å²) in [4.78, 5) is 2.49. The van der Waals surface area contributed by atoms with Gasteiger partial charge in [0.05, 0.1) is 6.04 Å². The molecule has 3 nitrogen and oxygen atoms in total. The van der Waals surface area contributed by atoms with E-state index in [1.54, 1.807) is 5.57 Å². The Morgan fingerprint density at radius 1 is 1.08 bits per heavy atom. The lowest BCUT2D eigenvalue weighted by molar-refractivity contribution is 0.186. The Morgan fingerprint density at radius 2 is 1.92 bits per heavy atom. The van der Waals surface area contributed by atoms with Crippen molar-refractivity contribution in [1.82, 2.24) is 15.3 Å². The summed E-state index contributed by atoms with van der Waals surface area (Å²) in [6.07, 6.45) is 1.14. The molecule has 0 fully saturated rings. The van der Waals surface area contributed by atoms with Gasteiger partial charge in [-0.15, -0.1) is 0 Å². The normalized spacial score (nSPS) is 19.6. The average Bonchev–Trinajstić information content (AvgIpc) is 3.05. The van der Waals surface area contributed by atoms with Gasteiger partial charge in [-0.1, -0.05) is 54.1 Å². The second kappa shape index (κ2) is 7.20. The lowest BCUT2D eigenvalue weighted by Gasteiger charge is -2.28. The minimum Gasteiger partial charge on any atom is -0.321 e. The highest BCUT2D eigenvalue weighted by molar-refractivity contribution is 6.30. The van der Waals surface area contributed by atoms with Crippen LogP contribution in [0.15, 0.2) is 65.9 Å². The molecule has 2 heterocycles. The van der Waals surface area contributed by atoms with Crippen LogP contribution in [0.5, 0.6) is 0 Å². The molecule has 0 saturated heterocycles. The highest BCUT2D eigenvalue weighted by atomic mass is 35.5. The number of nitrogens with one attached hydrogen (secondary N) is 1. The highest BCUT2D eigenvalue weighted by Crippen LogP contribution is 2.29. The van der Waals surface area contributed by atoms with Gasteiger partial charge in [0.2, 0.25) is 0 Å². The van der Waals surface area contributed by atoms with E-state index >= 15 is 0 Å². The van der Waals surface area contributed by atoms with Crippen molar-refractivity contribution >= 4 is 11.6 Å². The van der Waals surface area contributed by atoms with Gasteiger partial charge in [0, 0.05) is 36.9 Å². The van der Waals surface area contributed by atoms with E-state index in [2.05, 4.69) is 64.7 Å². The van der Waals surface area contributed by atoms with Crippen LogP contribution in [-0.2, 0) is 6.54 Å². The van der Waals surface area contributed by atoms with Gasteiger partial charge in [-0.25, -0.2) is 5.01 Å². The van der Waals surface area contributed by atoms with Gasteiger partial charge in [-0.2, -0.15) is 0 Å². The molecule has 1 atom stereocenters. The molecule has 0 saturated carbocycles. The molecule has 0 aromatic heterocycles. The van der Waals surface area contributed by atoms with Crippen molar-refractivity contribution in [2.75, 3.05) is 19.6 Å². The first-order valence-electron chi connectivity index (χ1n) is 8.95. The summed E-state index contributed by atoms with van der Waals surface area (Å²) in [6, 6.07) is 19.3. The van der Waals surface area contributed by atoms with Crippen molar-refractivity contribution in [2.24, 2.45) is 0 Å². The van der Waals surface area contributed by atoms with Crippen molar-refractivity contribution in [2.45, 2.75) is 25.9 Å². The minimum absolute atomic E-state index is 0.369. The maximum atomic E-state index is 6.12. The Hall–Kier alpha value is -1.81. The van der Waals surface area contributed by atoms with E-state index in [-0.39, 0.29) is 0 Å². The maximum Gasteiger partial charge on any atom is 0.0515 e. The van der Waals surface area contributed by atoms with Crippen LogP contribution in [0.25, 0.3) is 0 Å². The molecule has 0 spiro atoms. The third-order valence-electron chi connectivity index (χ3n) is 5.22. The summed E-state index contributed by atoms with van der Waals surface area (Å²) in [5, 5.41) is 3.18. The van der Waals surface area contributed by atoms with Gasteiger partial charge in [-0.3, -0.25) is 4.90 Å². The first kappa shape index (κ1) is 16.6. The van der Waals surface area contributed by atoms with Crippen molar-refractivity contribution in [3.05, 3.63) is 82.0 Å². The molecule has 0 radical (unpaired) electrons. The molecule has 1 N–H and O–H groups in total. The van der Waals surface area contributed by atoms with Crippen LogP contribution in [-0.4, -0.2) is 29.5 Å². The number of rotatable bonds is 4. The van der Waals surface area contributed by atoms with E-state index < -0.39 is 0 Å². The number of hydrogen-bond donors (Lipinski definition) is 1. The second-order valence-corrected chi connectivity index (χ2v) is 7.44. The Kier molecular flexibility index (Phi) is 4.80. The summed E-state index contributed by atoms with van der Waals surface area (Å²) in [5.74, 6) is 0. The van der Waals surface area contributed by atoms with Gasteiger partial charge in [0.1, 0.15) is 0 Å². The summed E-state index contributed by atoms with van der Waals surface area (Å²) in [6.45, 7) is 6.34. The van der Waals surface area contributed by atoms with Gasteiger partial charge in [-0.05, 0) is 42.2 Å². The Balaban J connectivity index is 1.39. The zero-order chi connectivity index (χ0) is 17.2. The zero-order valence-corrected chi connectivity index (χ0v) is 15.3. The largest absolute Gasteiger partial charge is 0.321 e. The van der Waals surface area contributed by atoms with Crippen molar-refractivity contribution in [3.63, 3.8) is 0 Å². The number of halogens is 1. The van der Waals surface area contributed by atoms with E-state index in [4.69, 9.17) is 11.6 Å². The van der Waals surface area contributed by atoms with Crippen LogP contribution in [0.1, 0.15) is 30.5 Å². The first-order chi connectivity index (χ1) is 12.2. The molecule has 2 aliphatic heterocycles. The molecule has 2 aromatic carbocycles. The molecule has 4 rings (SSSR count). The van der Waals surface area contributed by atoms with Crippen molar-refractivity contribution in [3.8, 4) is 0 Å². The van der Waals surface area contributed by atoms with E-state index in [1.807, 2.05) is 12.1 Å². The predicted molar refractivity (Wildman–Crippen MR) is 103 cm³/mol. The topological polar surface area (TPSA) is 18.5 Å². The predicted octanol–water partition coefficient (Wildman–Crippen LogP) is 4.38. The molecule has 4 heteroatoms. The maximum absolute atomic E-state index is 6.12. The van der Waals surface area contributed by atoms with E-state index in [0.717, 1.165) is 37.6 Å². The minimum atomic E-state index is 0.369. The van der Waals surface area contributed by atoms with Crippen LogP contribution in [0.2, 0.25) is 5.02 Å². The number of hydrogen-bond acceptors (Lipinski definition) is 3. The number of hydrazine groups is 1. The molecular formula is C21H24ClN3. The summed E-state index contributed by atoms with van der Waals surface area (Å²) in [7, 11) is 0. The van der Waals surface area contributed by atoms with Gasteiger partial charge in [0.15, 0.2) is 0 Å². The molecule has 1 unspecified atom stereocenters. The third-order valence-corrected chi connectivity index (χ3v) is 5.46.